The summed E-state index contributed by atoms with van der Waals surface area (Å²) in [4.78, 5) is 10.7. The summed E-state index contributed by atoms with van der Waals surface area (Å²) in [5.74, 6) is 0. The highest BCUT2D eigenvalue weighted by atomic mass is 28.2. The van der Waals surface area contributed by atoms with Crippen molar-refractivity contribution in [3.05, 3.63) is 109 Å². The van der Waals surface area contributed by atoms with Crippen molar-refractivity contribution in [1.82, 2.24) is 0 Å². The fourth-order valence-corrected chi connectivity index (χ4v) is 8.13. The topological polar surface area (TPSA) is 20.2 Å². The molecule has 1 N–H and O–H groups in total. The second kappa shape index (κ2) is 8.91. The fourth-order valence-electron chi connectivity index (χ4n) is 7.22. The summed E-state index contributed by atoms with van der Waals surface area (Å²) in [6.45, 7) is 0. The molecule has 0 aromatic heterocycles. The number of rotatable bonds is 2. The second-order valence-corrected chi connectivity index (χ2v) is 12.8. The molecule has 188 valence electrons. The van der Waals surface area contributed by atoms with Crippen LogP contribution in [0.2, 0.25) is 0 Å². The van der Waals surface area contributed by atoms with Crippen LogP contribution >= 0.6 is 0 Å². The van der Waals surface area contributed by atoms with E-state index in [4.69, 9.17) is 0 Å². The maximum absolute atomic E-state index is 10.7. The molecule has 0 amide bonds. The van der Waals surface area contributed by atoms with Gasteiger partial charge in [0.15, 0.2) is 0 Å². The molecule has 1 aliphatic rings. The zero-order valence-corrected chi connectivity index (χ0v) is 23.0. The summed E-state index contributed by atoms with van der Waals surface area (Å²) in [6.07, 6.45) is 7.15. The van der Waals surface area contributed by atoms with Crippen LogP contribution in [0, 0.1) is 0 Å². The van der Waals surface area contributed by atoms with E-state index < -0.39 is 0 Å². The summed E-state index contributed by atoms with van der Waals surface area (Å²) in [5, 5.41) is 15.4. The molecule has 39 heavy (non-hydrogen) atoms. The lowest BCUT2D eigenvalue weighted by atomic mass is 9.85. The predicted molar refractivity (Wildman–Crippen MR) is 169 cm³/mol. The molecular formula is C37H30OSi. The summed E-state index contributed by atoms with van der Waals surface area (Å²) in [5.41, 5.74) is 1.35. The Labute approximate surface area is 231 Å². The Hall–Kier alpha value is -3.72. The van der Waals surface area contributed by atoms with E-state index in [-0.39, 0.29) is 14.8 Å². The van der Waals surface area contributed by atoms with Crippen molar-refractivity contribution in [2.45, 2.75) is 43.6 Å². The molecule has 0 unspecified atom stereocenters. The number of benzene rings is 7. The summed E-state index contributed by atoms with van der Waals surface area (Å²) in [7, 11) is -0.0548. The van der Waals surface area contributed by atoms with Crippen LogP contribution in [-0.2, 0) is 5.04 Å². The molecule has 8 rings (SSSR count). The van der Waals surface area contributed by atoms with Gasteiger partial charge in [0.1, 0.15) is 0 Å². The van der Waals surface area contributed by atoms with Crippen molar-refractivity contribution in [2.24, 2.45) is 0 Å². The number of hydrogen-bond donors (Lipinski definition) is 1. The molecule has 0 heterocycles. The molecule has 1 nitrogen and oxygen atoms in total. The van der Waals surface area contributed by atoms with E-state index in [0.29, 0.717) is 0 Å². The molecule has 0 bridgehead atoms. The van der Waals surface area contributed by atoms with Crippen molar-refractivity contribution in [2.75, 3.05) is 0 Å². The molecular weight excluding hydrogens is 488 g/mol. The summed E-state index contributed by atoms with van der Waals surface area (Å²) >= 11 is 0. The first-order valence-electron chi connectivity index (χ1n) is 14.3. The molecule has 0 atom stereocenters. The monoisotopic (exact) mass is 518 g/mol. The smallest absolute Gasteiger partial charge is 0.236 e. The van der Waals surface area contributed by atoms with Crippen molar-refractivity contribution in [1.29, 1.82) is 0 Å². The molecule has 0 spiro atoms. The lowest BCUT2D eigenvalue weighted by Gasteiger charge is -2.31. The van der Waals surface area contributed by atoms with Crippen LogP contribution in [0.4, 0.5) is 0 Å². The van der Waals surface area contributed by atoms with Crippen molar-refractivity contribution in [3.8, 4) is 0 Å². The highest BCUT2D eigenvalue weighted by Gasteiger charge is 2.35. The summed E-state index contributed by atoms with van der Waals surface area (Å²) in [6, 6.07) is 38.8. The normalized spacial score (nSPS) is 16.0. The minimum absolute atomic E-state index is 0.0548. The van der Waals surface area contributed by atoms with E-state index in [2.05, 4.69) is 103 Å². The highest BCUT2D eigenvalue weighted by Crippen LogP contribution is 2.42. The lowest BCUT2D eigenvalue weighted by Crippen LogP contribution is -2.33. The molecule has 1 saturated carbocycles. The van der Waals surface area contributed by atoms with E-state index in [9.17, 15) is 4.80 Å². The Bertz CT molecular complexity index is 2060. The Balaban J connectivity index is 1.38. The molecule has 1 fully saturated rings. The molecule has 7 aromatic carbocycles. The van der Waals surface area contributed by atoms with Crippen molar-refractivity contribution in [3.63, 3.8) is 0 Å². The third-order valence-electron chi connectivity index (χ3n) is 9.30. The van der Waals surface area contributed by atoms with E-state index in [1.807, 2.05) is 0 Å². The van der Waals surface area contributed by atoms with Gasteiger partial charge in [-0.15, -0.1) is 0 Å². The first-order valence-corrected chi connectivity index (χ1v) is 15.2. The van der Waals surface area contributed by atoms with E-state index >= 15 is 0 Å². The summed E-state index contributed by atoms with van der Waals surface area (Å²) < 4.78 is 0. The van der Waals surface area contributed by atoms with Gasteiger partial charge in [-0.2, -0.15) is 0 Å². The van der Waals surface area contributed by atoms with Crippen LogP contribution in [0.15, 0.2) is 103 Å². The number of fused-ring (bicyclic) bond motifs is 7. The third kappa shape index (κ3) is 3.70. The minimum atomic E-state index is -0.102. The van der Waals surface area contributed by atoms with Gasteiger partial charge in [0.05, 0.1) is 0 Å². The van der Waals surface area contributed by atoms with Gasteiger partial charge in [0, 0.05) is 5.04 Å². The van der Waals surface area contributed by atoms with Gasteiger partial charge in [0.2, 0.25) is 9.76 Å². The quantitative estimate of drug-likeness (QED) is 0.104. The maximum atomic E-state index is 10.7. The maximum Gasteiger partial charge on any atom is 0.236 e. The van der Waals surface area contributed by atoms with Crippen molar-refractivity contribution >= 4 is 74.4 Å². The van der Waals surface area contributed by atoms with Crippen molar-refractivity contribution < 1.29 is 4.80 Å². The standard InChI is InChI=1S/C37H30OSi/c38-39-37(14-5-1-2-6-15-37)36-11-7-10-26-18-30-20-28-13-12-27-19-29-16-24-8-3-4-9-25(24)17-31(29)21-33(27)34(28)22-32(30)23-35(26)36/h3-4,7-13,16-23,38H,1-2,5-6,14-15H2. The molecule has 1 aliphatic carbocycles. The van der Waals surface area contributed by atoms with E-state index in [1.165, 1.54) is 95.9 Å². The molecule has 0 aliphatic heterocycles. The molecule has 0 saturated heterocycles. The van der Waals surface area contributed by atoms with E-state index in [0.717, 1.165) is 12.8 Å². The van der Waals surface area contributed by atoms with Gasteiger partial charge in [-0.3, -0.25) is 0 Å². The van der Waals surface area contributed by atoms with Crippen LogP contribution < -0.4 is 0 Å². The minimum Gasteiger partial charge on any atom is -0.431 e. The van der Waals surface area contributed by atoms with E-state index in [1.54, 1.807) is 0 Å². The van der Waals surface area contributed by atoms with Crippen LogP contribution in [0.5, 0.6) is 0 Å². The van der Waals surface area contributed by atoms with Crippen LogP contribution in [0.25, 0.3) is 64.6 Å². The largest absolute Gasteiger partial charge is 0.431 e. The van der Waals surface area contributed by atoms with Crippen LogP contribution in [-0.4, -0.2) is 14.6 Å². The van der Waals surface area contributed by atoms with Gasteiger partial charge >= 0.3 is 0 Å². The molecule has 2 radical (unpaired) electrons. The molecule has 2 heteroatoms. The Morgan fingerprint density at radius 3 is 1.49 bits per heavy atom. The zero-order chi connectivity index (χ0) is 26.0. The van der Waals surface area contributed by atoms with Crippen LogP contribution in [0.3, 0.4) is 0 Å². The first kappa shape index (κ1) is 23.2. The molecule has 7 aromatic rings. The number of hydrogen-bond acceptors (Lipinski definition) is 1. The highest BCUT2D eigenvalue weighted by molar-refractivity contribution is 6.32. The van der Waals surface area contributed by atoms with Gasteiger partial charge in [0.25, 0.3) is 0 Å². The fraction of sp³-hybridized carbons (Fsp3) is 0.189. The average molecular weight is 519 g/mol. The lowest BCUT2D eigenvalue weighted by molar-refractivity contribution is 0.452. The average Bonchev–Trinajstić information content (AvgIpc) is 3.23. The SMILES string of the molecule is O[Si]C1(c2cccc3cc4cc5ccc6cc7cc8ccccc8cc7cc6c5cc4cc23)CCCCCC1. The Morgan fingerprint density at radius 1 is 0.436 bits per heavy atom. The van der Waals surface area contributed by atoms with Gasteiger partial charge in [-0.05, 0) is 132 Å². The van der Waals surface area contributed by atoms with Gasteiger partial charge < -0.3 is 4.80 Å². The first-order chi connectivity index (χ1) is 19.2. The predicted octanol–water partition coefficient (Wildman–Crippen LogP) is 9.77. The van der Waals surface area contributed by atoms with Gasteiger partial charge in [-0.1, -0.05) is 80.3 Å². The second-order valence-electron chi connectivity index (χ2n) is 11.6. The third-order valence-corrected chi connectivity index (χ3v) is 10.5. The Kier molecular flexibility index (Phi) is 5.30. The Morgan fingerprint density at radius 2 is 0.897 bits per heavy atom. The van der Waals surface area contributed by atoms with Crippen LogP contribution in [0.1, 0.15) is 44.1 Å². The zero-order valence-electron chi connectivity index (χ0n) is 22.0. The van der Waals surface area contributed by atoms with Gasteiger partial charge in [-0.25, -0.2) is 0 Å².